The molecule has 1 aromatic heterocycles. The van der Waals surface area contributed by atoms with Crippen LogP contribution in [-0.4, -0.2) is 40.8 Å². The van der Waals surface area contributed by atoms with E-state index >= 15 is 0 Å². The van der Waals surface area contributed by atoms with E-state index in [1.54, 1.807) is 20.8 Å². The van der Waals surface area contributed by atoms with E-state index in [4.69, 9.17) is 21.1 Å². The van der Waals surface area contributed by atoms with Gasteiger partial charge in [0, 0.05) is 0 Å². The number of carbonyl (C=O) groups excluding carboxylic acids is 1. The normalized spacial score (nSPS) is 15.8. The van der Waals surface area contributed by atoms with Crippen molar-refractivity contribution in [1.29, 1.82) is 0 Å². The van der Waals surface area contributed by atoms with Crippen LogP contribution in [0, 0.1) is 5.95 Å². The Morgan fingerprint density at radius 1 is 1.45 bits per heavy atom. The van der Waals surface area contributed by atoms with Crippen LogP contribution in [0.25, 0.3) is 0 Å². The van der Waals surface area contributed by atoms with E-state index in [9.17, 15) is 9.18 Å². The molecule has 1 aliphatic heterocycles. The number of amides is 1. The fraction of sp³-hybridized carbons (Fsp3) is 0.538. The molecular weight excluding hydrogens is 287 g/mol. The predicted molar refractivity (Wildman–Crippen MR) is 71.4 cm³/mol. The van der Waals surface area contributed by atoms with Gasteiger partial charge in [0.1, 0.15) is 16.9 Å². The fourth-order valence-corrected chi connectivity index (χ4v) is 1.79. The maximum absolute atomic E-state index is 13.4. The van der Waals surface area contributed by atoms with Crippen molar-refractivity contribution < 1.29 is 18.7 Å². The van der Waals surface area contributed by atoms with Gasteiger partial charge in [-0.1, -0.05) is 11.6 Å². The molecule has 2 heterocycles. The highest BCUT2D eigenvalue weighted by Gasteiger charge is 2.35. The molecule has 20 heavy (non-hydrogen) atoms. The number of halogens is 2. The number of hydrogen-bond acceptors (Lipinski definition) is 4. The van der Waals surface area contributed by atoms with Crippen LogP contribution in [-0.2, 0) is 4.74 Å². The Morgan fingerprint density at radius 3 is 2.65 bits per heavy atom. The van der Waals surface area contributed by atoms with Gasteiger partial charge in [0.15, 0.2) is 5.75 Å². The number of rotatable bonds is 2. The first-order valence-corrected chi connectivity index (χ1v) is 6.59. The molecule has 7 heteroatoms. The number of hydrogen-bond donors (Lipinski definition) is 0. The average molecular weight is 303 g/mol. The topological polar surface area (TPSA) is 51.7 Å². The largest absolute Gasteiger partial charge is 0.482 e. The van der Waals surface area contributed by atoms with Gasteiger partial charge in [0.2, 0.25) is 0 Å². The standard InChI is InChI=1S/C13H16ClFN2O3/c1-13(2,3)20-12(18)17-6-8(7-17)19-9-4-5-10(14)16-11(9)15/h4-5,8H,6-7H2,1-3H3. The van der Waals surface area contributed by atoms with E-state index < -0.39 is 17.6 Å². The SMILES string of the molecule is CC(C)(C)OC(=O)N1CC(Oc2ccc(Cl)nc2F)C1. The van der Waals surface area contributed by atoms with Gasteiger partial charge in [-0.25, -0.2) is 9.78 Å². The molecule has 1 aromatic rings. The lowest BCUT2D eigenvalue weighted by Crippen LogP contribution is -2.57. The molecule has 1 aliphatic rings. The zero-order chi connectivity index (χ0) is 14.9. The molecule has 1 amide bonds. The van der Waals surface area contributed by atoms with Gasteiger partial charge in [0.05, 0.1) is 13.1 Å². The highest BCUT2D eigenvalue weighted by Crippen LogP contribution is 2.23. The Labute approximate surface area is 121 Å². The molecule has 110 valence electrons. The van der Waals surface area contributed by atoms with Crippen LogP contribution in [0.15, 0.2) is 12.1 Å². The van der Waals surface area contributed by atoms with Crippen molar-refractivity contribution in [1.82, 2.24) is 9.88 Å². The molecule has 1 fully saturated rings. The van der Waals surface area contributed by atoms with Gasteiger partial charge in [-0.05, 0) is 32.9 Å². The lowest BCUT2D eigenvalue weighted by atomic mass is 10.1. The Bertz CT molecular complexity index is 513. The van der Waals surface area contributed by atoms with Crippen molar-refractivity contribution in [2.24, 2.45) is 0 Å². The minimum atomic E-state index is -0.756. The lowest BCUT2D eigenvalue weighted by molar-refractivity contribution is -0.0231. The zero-order valence-corrected chi connectivity index (χ0v) is 12.3. The molecule has 0 N–H and O–H groups in total. The third-order valence-electron chi connectivity index (χ3n) is 2.57. The summed E-state index contributed by atoms with van der Waals surface area (Å²) in [7, 11) is 0. The molecule has 5 nitrogen and oxygen atoms in total. The summed E-state index contributed by atoms with van der Waals surface area (Å²) in [4.78, 5) is 16.6. The molecule has 0 radical (unpaired) electrons. The molecular formula is C13H16ClFN2O3. The first kappa shape index (κ1) is 14.8. The summed E-state index contributed by atoms with van der Waals surface area (Å²) in [5, 5.41) is 0.0684. The van der Waals surface area contributed by atoms with Gasteiger partial charge in [0.25, 0.3) is 5.95 Å². The van der Waals surface area contributed by atoms with Crippen LogP contribution >= 0.6 is 11.6 Å². The number of ether oxygens (including phenoxy) is 2. The molecule has 0 unspecified atom stereocenters. The summed E-state index contributed by atoms with van der Waals surface area (Å²) in [5.41, 5.74) is -0.533. The van der Waals surface area contributed by atoms with E-state index in [2.05, 4.69) is 4.98 Å². The minimum Gasteiger partial charge on any atom is -0.482 e. The summed E-state index contributed by atoms with van der Waals surface area (Å²) >= 11 is 5.55. The van der Waals surface area contributed by atoms with Crippen molar-refractivity contribution in [3.05, 3.63) is 23.2 Å². The maximum Gasteiger partial charge on any atom is 0.410 e. The summed E-state index contributed by atoms with van der Waals surface area (Å²) < 4.78 is 24.0. The van der Waals surface area contributed by atoms with Crippen LogP contribution in [0.4, 0.5) is 9.18 Å². The van der Waals surface area contributed by atoms with Gasteiger partial charge in [-0.3, -0.25) is 0 Å². The monoisotopic (exact) mass is 302 g/mol. The highest BCUT2D eigenvalue weighted by atomic mass is 35.5. The number of likely N-dealkylation sites (tertiary alicyclic amines) is 1. The molecule has 0 bridgehead atoms. The number of pyridine rings is 1. The molecule has 1 saturated heterocycles. The van der Waals surface area contributed by atoms with E-state index in [0.29, 0.717) is 13.1 Å². The van der Waals surface area contributed by atoms with Crippen molar-refractivity contribution in [2.75, 3.05) is 13.1 Å². The second kappa shape index (κ2) is 5.44. The summed E-state index contributed by atoms with van der Waals surface area (Å²) in [6.07, 6.45) is -0.660. The Kier molecular flexibility index (Phi) is 4.04. The van der Waals surface area contributed by atoms with Gasteiger partial charge in [-0.2, -0.15) is 4.39 Å². The Hall–Kier alpha value is -1.56. The van der Waals surface area contributed by atoms with Crippen molar-refractivity contribution >= 4 is 17.7 Å². The van der Waals surface area contributed by atoms with Crippen molar-refractivity contribution in [3.8, 4) is 5.75 Å². The quantitative estimate of drug-likeness (QED) is 0.788. The average Bonchev–Trinajstić information content (AvgIpc) is 2.22. The smallest absolute Gasteiger partial charge is 0.410 e. The summed E-state index contributed by atoms with van der Waals surface area (Å²) in [6.45, 7) is 6.11. The minimum absolute atomic E-state index is 0.0308. The van der Waals surface area contributed by atoms with Crippen LogP contribution in [0.2, 0.25) is 5.15 Å². The molecule has 0 aliphatic carbocycles. The highest BCUT2D eigenvalue weighted by molar-refractivity contribution is 6.29. The molecule has 0 aromatic carbocycles. The van der Waals surface area contributed by atoms with Crippen LogP contribution in [0.5, 0.6) is 5.75 Å². The summed E-state index contributed by atoms with van der Waals surface area (Å²) in [5.74, 6) is -0.726. The lowest BCUT2D eigenvalue weighted by Gasteiger charge is -2.39. The summed E-state index contributed by atoms with van der Waals surface area (Å²) in [6, 6.07) is 2.87. The number of carbonyl (C=O) groups is 1. The van der Waals surface area contributed by atoms with Crippen molar-refractivity contribution in [3.63, 3.8) is 0 Å². The Morgan fingerprint density at radius 2 is 2.10 bits per heavy atom. The van der Waals surface area contributed by atoms with Gasteiger partial charge in [-0.15, -0.1) is 0 Å². The van der Waals surface area contributed by atoms with Crippen LogP contribution in [0.1, 0.15) is 20.8 Å². The van der Waals surface area contributed by atoms with Crippen molar-refractivity contribution in [2.45, 2.75) is 32.5 Å². The fourth-order valence-electron chi connectivity index (χ4n) is 1.66. The third-order valence-corrected chi connectivity index (χ3v) is 2.78. The van der Waals surface area contributed by atoms with Gasteiger partial charge < -0.3 is 14.4 Å². The van der Waals surface area contributed by atoms with E-state index in [1.165, 1.54) is 17.0 Å². The number of aromatic nitrogens is 1. The van der Waals surface area contributed by atoms with Crippen LogP contribution < -0.4 is 4.74 Å². The van der Waals surface area contributed by atoms with E-state index in [1.807, 2.05) is 0 Å². The number of nitrogens with zero attached hydrogens (tertiary/aromatic N) is 2. The van der Waals surface area contributed by atoms with E-state index in [-0.39, 0.29) is 17.0 Å². The first-order valence-electron chi connectivity index (χ1n) is 6.21. The molecule has 0 atom stereocenters. The van der Waals surface area contributed by atoms with Gasteiger partial charge >= 0.3 is 6.09 Å². The molecule has 2 rings (SSSR count). The van der Waals surface area contributed by atoms with E-state index in [0.717, 1.165) is 0 Å². The second-order valence-corrected chi connectivity index (χ2v) is 5.94. The predicted octanol–water partition coefficient (Wildman–Crippen LogP) is 2.87. The third kappa shape index (κ3) is 3.72. The second-order valence-electron chi connectivity index (χ2n) is 5.55. The Balaban J connectivity index is 1.83. The first-order chi connectivity index (χ1) is 9.24. The maximum atomic E-state index is 13.4. The molecule has 0 spiro atoms. The zero-order valence-electron chi connectivity index (χ0n) is 11.5. The molecule has 0 saturated carbocycles. The van der Waals surface area contributed by atoms with Crippen LogP contribution in [0.3, 0.4) is 0 Å².